The van der Waals surface area contributed by atoms with Crippen molar-refractivity contribution in [1.82, 2.24) is 0 Å². The Morgan fingerprint density at radius 1 is 1.50 bits per heavy atom. The molecule has 0 fully saturated rings. The van der Waals surface area contributed by atoms with E-state index >= 15 is 0 Å². The zero-order valence-corrected chi connectivity index (χ0v) is 9.45. The molecule has 0 bridgehead atoms. The van der Waals surface area contributed by atoms with Crippen molar-refractivity contribution in [2.75, 3.05) is 0 Å². The molecule has 1 atom stereocenters. The summed E-state index contributed by atoms with van der Waals surface area (Å²) in [7, 11) is 0. The Morgan fingerprint density at radius 2 is 2.07 bits per heavy atom. The van der Waals surface area contributed by atoms with Crippen molar-refractivity contribution < 1.29 is 4.39 Å². The summed E-state index contributed by atoms with van der Waals surface area (Å²) in [5.74, 6) is -0.177. The number of hydrogen-bond acceptors (Lipinski definition) is 1. The van der Waals surface area contributed by atoms with Crippen LogP contribution in [0.4, 0.5) is 4.39 Å². The maximum atomic E-state index is 13.7. The first-order valence-electron chi connectivity index (χ1n) is 4.63. The number of hydrogen-bond donors (Lipinski definition) is 1. The van der Waals surface area contributed by atoms with Gasteiger partial charge in [-0.05, 0) is 49.9 Å². The summed E-state index contributed by atoms with van der Waals surface area (Å²) in [6, 6.07) is 1.60. The van der Waals surface area contributed by atoms with Gasteiger partial charge in [-0.25, -0.2) is 4.39 Å². The van der Waals surface area contributed by atoms with Crippen molar-refractivity contribution in [3.05, 3.63) is 33.6 Å². The lowest BCUT2D eigenvalue weighted by atomic mass is 9.99. The molecule has 1 rings (SSSR count). The van der Waals surface area contributed by atoms with Gasteiger partial charge in [0, 0.05) is 11.1 Å². The lowest BCUT2D eigenvalue weighted by Gasteiger charge is -2.13. The second kappa shape index (κ2) is 4.28. The Hall–Kier alpha value is -0.600. The third-order valence-corrected chi connectivity index (χ3v) is 2.68. The Balaban J connectivity index is 3.25. The van der Waals surface area contributed by atoms with Gasteiger partial charge >= 0.3 is 0 Å². The monoisotopic (exact) mass is 215 g/mol. The van der Waals surface area contributed by atoms with Crippen LogP contribution in [0.2, 0.25) is 5.02 Å². The van der Waals surface area contributed by atoms with Crippen molar-refractivity contribution in [3.8, 4) is 0 Å². The molecule has 0 radical (unpaired) electrons. The fourth-order valence-electron chi connectivity index (χ4n) is 1.47. The van der Waals surface area contributed by atoms with Crippen LogP contribution in [0.3, 0.4) is 0 Å². The van der Waals surface area contributed by atoms with Crippen LogP contribution in [0.25, 0.3) is 0 Å². The largest absolute Gasteiger partial charge is 0.328 e. The number of aryl methyl sites for hydroxylation is 1. The molecule has 3 heteroatoms. The summed E-state index contributed by atoms with van der Waals surface area (Å²) in [6.07, 6.45) is 0.527. The minimum atomic E-state index is -0.177. The van der Waals surface area contributed by atoms with Crippen LogP contribution < -0.4 is 5.73 Å². The van der Waals surface area contributed by atoms with Gasteiger partial charge in [0.1, 0.15) is 5.82 Å². The van der Waals surface area contributed by atoms with Crippen LogP contribution in [0.5, 0.6) is 0 Å². The molecule has 2 N–H and O–H groups in total. The van der Waals surface area contributed by atoms with Crippen molar-refractivity contribution in [1.29, 1.82) is 0 Å². The summed E-state index contributed by atoms with van der Waals surface area (Å²) in [5, 5.41) is 0.611. The molecule has 0 amide bonds. The molecule has 0 aliphatic carbocycles. The average molecular weight is 216 g/mol. The number of halogens is 2. The number of rotatable bonds is 2. The summed E-state index contributed by atoms with van der Waals surface area (Å²) >= 11 is 5.97. The highest BCUT2D eigenvalue weighted by atomic mass is 35.5. The third kappa shape index (κ3) is 2.25. The lowest BCUT2D eigenvalue weighted by Crippen LogP contribution is -2.19. The summed E-state index contributed by atoms with van der Waals surface area (Å²) < 4.78 is 13.7. The SMILES string of the molecule is Cc1cc(Cl)c(C)c(CC(C)N)c1F. The van der Waals surface area contributed by atoms with E-state index in [0.29, 0.717) is 22.6 Å². The highest BCUT2D eigenvalue weighted by Crippen LogP contribution is 2.25. The molecule has 0 heterocycles. The van der Waals surface area contributed by atoms with E-state index in [1.54, 1.807) is 13.0 Å². The minimum Gasteiger partial charge on any atom is -0.328 e. The van der Waals surface area contributed by atoms with Crippen molar-refractivity contribution in [2.24, 2.45) is 5.73 Å². The summed E-state index contributed by atoms with van der Waals surface area (Å²) in [6.45, 7) is 5.39. The Labute approximate surface area is 89.1 Å². The van der Waals surface area contributed by atoms with Crippen molar-refractivity contribution in [2.45, 2.75) is 33.2 Å². The van der Waals surface area contributed by atoms with E-state index < -0.39 is 0 Å². The predicted octanol–water partition coefficient (Wildman–Crippen LogP) is 2.99. The molecule has 0 aromatic heterocycles. The molecule has 14 heavy (non-hydrogen) atoms. The molecule has 0 saturated heterocycles. The zero-order valence-electron chi connectivity index (χ0n) is 8.70. The quantitative estimate of drug-likeness (QED) is 0.807. The van der Waals surface area contributed by atoms with Gasteiger partial charge in [0.15, 0.2) is 0 Å². The minimum absolute atomic E-state index is 0.0546. The molecule has 0 aliphatic rings. The Morgan fingerprint density at radius 3 is 2.57 bits per heavy atom. The number of nitrogens with two attached hydrogens (primary N) is 1. The molecule has 0 aliphatic heterocycles. The van der Waals surface area contributed by atoms with E-state index in [1.165, 1.54) is 0 Å². The molecule has 1 aromatic carbocycles. The normalized spacial score (nSPS) is 13.0. The molecule has 1 unspecified atom stereocenters. The van der Waals surface area contributed by atoms with Crippen LogP contribution in [0.1, 0.15) is 23.6 Å². The van der Waals surface area contributed by atoms with Gasteiger partial charge in [-0.1, -0.05) is 11.6 Å². The molecule has 0 spiro atoms. The van der Waals surface area contributed by atoms with E-state index in [1.807, 2.05) is 13.8 Å². The van der Waals surface area contributed by atoms with E-state index in [0.717, 1.165) is 5.56 Å². The highest BCUT2D eigenvalue weighted by molar-refractivity contribution is 6.31. The zero-order chi connectivity index (χ0) is 10.9. The first kappa shape index (κ1) is 11.5. The summed E-state index contributed by atoms with van der Waals surface area (Å²) in [5.41, 5.74) is 7.67. The standard InChI is InChI=1S/C11H15ClFN/c1-6-4-10(12)8(3)9(11(6)13)5-7(2)14/h4,7H,5,14H2,1-3H3. The van der Waals surface area contributed by atoms with Crippen molar-refractivity contribution >= 4 is 11.6 Å². The molecule has 0 saturated carbocycles. The van der Waals surface area contributed by atoms with Gasteiger partial charge in [0.05, 0.1) is 0 Å². The van der Waals surface area contributed by atoms with Crippen LogP contribution in [0, 0.1) is 19.7 Å². The van der Waals surface area contributed by atoms with Crippen molar-refractivity contribution in [3.63, 3.8) is 0 Å². The number of benzene rings is 1. The van der Waals surface area contributed by atoms with Gasteiger partial charge in [0.2, 0.25) is 0 Å². The first-order valence-corrected chi connectivity index (χ1v) is 5.01. The van der Waals surface area contributed by atoms with Gasteiger partial charge in [0.25, 0.3) is 0 Å². The topological polar surface area (TPSA) is 26.0 Å². The van der Waals surface area contributed by atoms with Crippen LogP contribution in [0.15, 0.2) is 6.07 Å². The lowest BCUT2D eigenvalue weighted by molar-refractivity contribution is 0.585. The molecule has 1 aromatic rings. The van der Waals surface area contributed by atoms with Gasteiger partial charge in [-0.2, -0.15) is 0 Å². The van der Waals surface area contributed by atoms with Crippen LogP contribution >= 0.6 is 11.6 Å². The second-order valence-electron chi connectivity index (χ2n) is 3.77. The highest BCUT2D eigenvalue weighted by Gasteiger charge is 2.13. The maximum absolute atomic E-state index is 13.7. The van der Waals surface area contributed by atoms with E-state index in [2.05, 4.69) is 0 Å². The van der Waals surface area contributed by atoms with E-state index in [-0.39, 0.29) is 11.9 Å². The van der Waals surface area contributed by atoms with Crippen LogP contribution in [-0.4, -0.2) is 6.04 Å². The van der Waals surface area contributed by atoms with E-state index in [4.69, 9.17) is 17.3 Å². The molecule has 78 valence electrons. The first-order chi connectivity index (χ1) is 6.43. The predicted molar refractivity (Wildman–Crippen MR) is 58.2 cm³/mol. The Kier molecular flexibility index (Phi) is 3.51. The van der Waals surface area contributed by atoms with E-state index in [9.17, 15) is 4.39 Å². The smallest absolute Gasteiger partial charge is 0.129 e. The van der Waals surface area contributed by atoms with Gasteiger partial charge in [-0.3, -0.25) is 0 Å². The fourth-order valence-corrected chi connectivity index (χ4v) is 1.75. The maximum Gasteiger partial charge on any atom is 0.129 e. The Bertz CT molecular complexity index is 321. The molecular weight excluding hydrogens is 201 g/mol. The molecule has 1 nitrogen and oxygen atoms in total. The van der Waals surface area contributed by atoms with Gasteiger partial charge in [-0.15, -0.1) is 0 Å². The second-order valence-corrected chi connectivity index (χ2v) is 4.18. The van der Waals surface area contributed by atoms with Gasteiger partial charge < -0.3 is 5.73 Å². The average Bonchev–Trinajstić information content (AvgIpc) is 2.09. The van der Waals surface area contributed by atoms with Crippen LogP contribution in [-0.2, 0) is 6.42 Å². The fraction of sp³-hybridized carbons (Fsp3) is 0.455. The third-order valence-electron chi connectivity index (χ3n) is 2.29. The summed E-state index contributed by atoms with van der Waals surface area (Å²) in [4.78, 5) is 0. The molecular formula is C11H15ClFN.